The van der Waals surface area contributed by atoms with E-state index in [1.54, 1.807) is 24.5 Å². The van der Waals surface area contributed by atoms with E-state index in [9.17, 15) is 9.18 Å². The summed E-state index contributed by atoms with van der Waals surface area (Å²) in [6.45, 7) is 6.93. The predicted octanol–water partition coefficient (Wildman–Crippen LogP) is 2.81. The zero-order valence-electron chi connectivity index (χ0n) is 16.2. The monoisotopic (exact) mass is 383 g/mol. The highest BCUT2D eigenvalue weighted by molar-refractivity contribution is 5.92. The number of hydrogen-bond donors (Lipinski definition) is 0. The molecule has 4 rings (SSSR count). The number of halogens is 1. The van der Waals surface area contributed by atoms with Crippen molar-refractivity contribution in [2.75, 3.05) is 49.1 Å². The molecule has 0 spiro atoms. The zero-order valence-corrected chi connectivity index (χ0v) is 16.2. The fourth-order valence-electron chi connectivity index (χ4n) is 3.81. The summed E-state index contributed by atoms with van der Waals surface area (Å²) >= 11 is 0. The summed E-state index contributed by atoms with van der Waals surface area (Å²) in [4.78, 5) is 27.8. The van der Waals surface area contributed by atoms with E-state index in [2.05, 4.69) is 26.7 Å². The number of carbonyl (C=O) groups is 1. The number of hydrogen-bond acceptors (Lipinski definition) is 5. The average Bonchev–Trinajstić information content (AvgIpc) is 2.75. The molecule has 2 aromatic rings. The topological polar surface area (TPSA) is 52.6 Å². The number of anilines is 2. The largest absolute Gasteiger partial charge is 0.368 e. The van der Waals surface area contributed by atoms with Crippen molar-refractivity contribution in [3.63, 3.8) is 0 Å². The van der Waals surface area contributed by atoms with Crippen LogP contribution in [0.2, 0.25) is 0 Å². The molecule has 0 aliphatic carbocycles. The molecule has 2 aliphatic rings. The van der Waals surface area contributed by atoms with Crippen LogP contribution in [0, 0.1) is 11.7 Å². The Morgan fingerprint density at radius 3 is 2.21 bits per heavy atom. The van der Waals surface area contributed by atoms with Crippen molar-refractivity contribution in [3.8, 4) is 0 Å². The van der Waals surface area contributed by atoms with Crippen molar-refractivity contribution in [2.24, 2.45) is 5.92 Å². The van der Waals surface area contributed by atoms with E-state index >= 15 is 0 Å². The molecule has 3 heterocycles. The summed E-state index contributed by atoms with van der Waals surface area (Å²) in [6.07, 6.45) is 5.65. The number of piperidine rings is 1. The standard InChI is InChI=1S/C21H26FN5O/c1-16-6-8-26(9-7-16)20-15-23-19(14-24-20)21(28)27-12-10-25(11-13-27)18-4-2-17(22)3-5-18/h2-5,14-16H,6-13H2,1H3. The summed E-state index contributed by atoms with van der Waals surface area (Å²) in [5.74, 6) is 1.30. The second kappa shape index (κ2) is 8.12. The van der Waals surface area contributed by atoms with Crippen molar-refractivity contribution >= 4 is 17.4 Å². The SMILES string of the molecule is CC1CCN(c2cnc(C(=O)N3CCN(c4ccc(F)cc4)CC3)cn2)CC1. The Morgan fingerprint density at radius 2 is 1.61 bits per heavy atom. The molecule has 1 aromatic carbocycles. The van der Waals surface area contributed by atoms with Gasteiger partial charge in [0, 0.05) is 45.0 Å². The molecule has 0 N–H and O–H groups in total. The Bertz CT molecular complexity index is 795. The van der Waals surface area contributed by atoms with E-state index in [0.29, 0.717) is 18.8 Å². The molecule has 1 aromatic heterocycles. The second-order valence-electron chi connectivity index (χ2n) is 7.69. The van der Waals surface area contributed by atoms with Gasteiger partial charge in [-0.2, -0.15) is 0 Å². The van der Waals surface area contributed by atoms with E-state index in [-0.39, 0.29) is 11.7 Å². The average molecular weight is 383 g/mol. The van der Waals surface area contributed by atoms with Gasteiger partial charge in [-0.1, -0.05) is 6.92 Å². The molecule has 2 saturated heterocycles. The van der Waals surface area contributed by atoms with E-state index in [1.165, 1.54) is 25.0 Å². The summed E-state index contributed by atoms with van der Waals surface area (Å²) in [5.41, 5.74) is 1.37. The van der Waals surface area contributed by atoms with Gasteiger partial charge in [-0.05, 0) is 43.0 Å². The highest BCUT2D eigenvalue weighted by Gasteiger charge is 2.24. The molecule has 2 aliphatic heterocycles. The lowest BCUT2D eigenvalue weighted by molar-refractivity contribution is 0.0740. The first-order valence-electron chi connectivity index (χ1n) is 9.97. The van der Waals surface area contributed by atoms with Gasteiger partial charge in [-0.15, -0.1) is 0 Å². The first-order valence-corrected chi connectivity index (χ1v) is 9.97. The van der Waals surface area contributed by atoms with Crippen LogP contribution < -0.4 is 9.80 Å². The summed E-state index contributed by atoms with van der Waals surface area (Å²) < 4.78 is 13.1. The molecule has 7 heteroatoms. The third kappa shape index (κ3) is 4.08. The highest BCUT2D eigenvalue weighted by atomic mass is 19.1. The van der Waals surface area contributed by atoms with Crippen molar-refractivity contribution < 1.29 is 9.18 Å². The van der Waals surface area contributed by atoms with Gasteiger partial charge < -0.3 is 14.7 Å². The molecule has 0 radical (unpaired) electrons. The molecule has 0 atom stereocenters. The molecule has 148 valence electrons. The Kier molecular flexibility index (Phi) is 5.41. The Hall–Kier alpha value is -2.70. The molecule has 28 heavy (non-hydrogen) atoms. The molecule has 0 bridgehead atoms. The Labute approximate surface area is 165 Å². The molecule has 1 amide bonds. The van der Waals surface area contributed by atoms with Crippen molar-refractivity contribution in [1.82, 2.24) is 14.9 Å². The lowest BCUT2D eigenvalue weighted by atomic mass is 9.99. The summed E-state index contributed by atoms with van der Waals surface area (Å²) in [6, 6.07) is 6.48. The predicted molar refractivity (Wildman–Crippen MR) is 107 cm³/mol. The maximum Gasteiger partial charge on any atom is 0.274 e. The van der Waals surface area contributed by atoms with Crippen LogP contribution >= 0.6 is 0 Å². The van der Waals surface area contributed by atoms with Crippen LogP contribution in [0.25, 0.3) is 0 Å². The van der Waals surface area contributed by atoms with E-state index in [4.69, 9.17) is 0 Å². The van der Waals surface area contributed by atoms with Crippen LogP contribution in [0.15, 0.2) is 36.7 Å². The Morgan fingerprint density at radius 1 is 0.929 bits per heavy atom. The molecule has 2 fully saturated rings. The maximum absolute atomic E-state index is 13.1. The van der Waals surface area contributed by atoms with Gasteiger partial charge >= 0.3 is 0 Å². The summed E-state index contributed by atoms with van der Waals surface area (Å²) in [7, 11) is 0. The van der Waals surface area contributed by atoms with Crippen LogP contribution in [0.5, 0.6) is 0 Å². The number of rotatable bonds is 3. The van der Waals surface area contributed by atoms with Gasteiger partial charge in [0.25, 0.3) is 5.91 Å². The van der Waals surface area contributed by atoms with Crippen LogP contribution in [-0.4, -0.2) is 60.0 Å². The lowest BCUT2D eigenvalue weighted by Gasteiger charge is -2.36. The number of aromatic nitrogens is 2. The quantitative estimate of drug-likeness (QED) is 0.816. The van der Waals surface area contributed by atoms with E-state index in [0.717, 1.165) is 43.6 Å². The third-order valence-corrected chi connectivity index (χ3v) is 5.72. The molecule has 0 saturated carbocycles. The third-order valence-electron chi connectivity index (χ3n) is 5.72. The second-order valence-corrected chi connectivity index (χ2v) is 7.69. The van der Waals surface area contributed by atoms with Crippen molar-refractivity contribution in [3.05, 3.63) is 48.2 Å². The van der Waals surface area contributed by atoms with Gasteiger partial charge in [0.05, 0.1) is 12.4 Å². The molecule has 6 nitrogen and oxygen atoms in total. The number of piperazine rings is 1. The smallest absolute Gasteiger partial charge is 0.274 e. The van der Waals surface area contributed by atoms with Crippen molar-refractivity contribution in [1.29, 1.82) is 0 Å². The van der Waals surface area contributed by atoms with E-state index < -0.39 is 0 Å². The first-order chi connectivity index (χ1) is 13.6. The van der Waals surface area contributed by atoms with Gasteiger partial charge in [0.15, 0.2) is 0 Å². The fraction of sp³-hybridized carbons (Fsp3) is 0.476. The number of benzene rings is 1. The number of nitrogens with zero attached hydrogens (tertiary/aromatic N) is 5. The van der Waals surface area contributed by atoms with E-state index in [1.807, 2.05) is 4.90 Å². The Balaban J connectivity index is 1.34. The van der Waals surface area contributed by atoms with Crippen LogP contribution in [0.1, 0.15) is 30.3 Å². The van der Waals surface area contributed by atoms with Gasteiger partial charge in [-0.25, -0.2) is 14.4 Å². The lowest BCUT2D eigenvalue weighted by Crippen LogP contribution is -2.49. The van der Waals surface area contributed by atoms with Crippen molar-refractivity contribution in [2.45, 2.75) is 19.8 Å². The minimum Gasteiger partial charge on any atom is -0.368 e. The fourth-order valence-corrected chi connectivity index (χ4v) is 3.81. The molecular formula is C21H26FN5O. The first kappa shape index (κ1) is 18.7. The van der Waals surface area contributed by atoms with Crippen LogP contribution in [0.4, 0.5) is 15.9 Å². The normalized spacial score (nSPS) is 18.4. The van der Waals surface area contributed by atoms with Crippen LogP contribution in [-0.2, 0) is 0 Å². The number of carbonyl (C=O) groups excluding carboxylic acids is 1. The minimum atomic E-state index is -0.237. The minimum absolute atomic E-state index is 0.0786. The van der Waals surface area contributed by atoms with Gasteiger partial charge in [0.1, 0.15) is 17.3 Å². The van der Waals surface area contributed by atoms with Crippen LogP contribution in [0.3, 0.4) is 0 Å². The van der Waals surface area contributed by atoms with Gasteiger partial charge in [-0.3, -0.25) is 4.79 Å². The highest BCUT2D eigenvalue weighted by Crippen LogP contribution is 2.21. The summed E-state index contributed by atoms with van der Waals surface area (Å²) in [5, 5.41) is 0. The van der Waals surface area contributed by atoms with Gasteiger partial charge in [0.2, 0.25) is 0 Å². The molecular weight excluding hydrogens is 357 g/mol. The molecule has 0 unspecified atom stereocenters. The maximum atomic E-state index is 13.1. The number of amides is 1. The zero-order chi connectivity index (χ0) is 19.5.